The van der Waals surface area contributed by atoms with Crippen LogP contribution in [0.5, 0.6) is 0 Å². The Morgan fingerprint density at radius 3 is 2.06 bits per heavy atom. The van der Waals surface area contributed by atoms with E-state index in [0.29, 0.717) is 0 Å². The van der Waals surface area contributed by atoms with Gasteiger partial charge in [0.25, 0.3) is 5.78 Å². The first-order valence-corrected chi connectivity index (χ1v) is 5.30. The summed E-state index contributed by atoms with van der Waals surface area (Å²) in [6.45, 7) is 3.37. The molecule has 0 radical (unpaired) electrons. The van der Waals surface area contributed by atoms with Crippen LogP contribution >= 0.6 is 11.6 Å². The third kappa shape index (κ3) is 2.06. The van der Waals surface area contributed by atoms with E-state index in [-0.39, 0.29) is 13.1 Å². The summed E-state index contributed by atoms with van der Waals surface area (Å²) in [5.41, 5.74) is -0.883. The molecule has 96 valence electrons. The van der Waals surface area contributed by atoms with Crippen molar-refractivity contribution in [1.82, 2.24) is 4.90 Å². The number of rotatable bonds is 3. The molecule has 0 aromatic carbocycles. The number of hydrogen-bond donors (Lipinski definition) is 0. The molecule has 1 rings (SSSR count). The lowest BCUT2D eigenvalue weighted by Crippen LogP contribution is -2.37. The summed E-state index contributed by atoms with van der Waals surface area (Å²) in [4.78, 5) is 12.2. The molecule has 0 aromatic rings. The molecule has 0 fully saturated rings. The molecule has 0 heterocycles. The van der Waals surface area contributed by atoms with Crippen LogP contribution in [-0.2, 0) is 4.79 Å². The Hall–Kier alpha value is -1.04. The fourth-order valence-corrected chi connectivity index (χ4v) is 1.67. The zero-order valence-electron chi connectivity index (χ0n) is 9.16. The third-order valence-electron chi connectivity index (χ3n) is 2.45. The maximum atomic E-state index is 13.5. The number of likely N-dealkylation sites (N-methyl/N-ethyl adjacent to an activating group) is 1. The van der Waals surface area contributed by atoms with Gasteiger partial charge in [-0.2, -0.15) is 0 Å². The summed E-state index contributed by atoms with van der Waals surface area (Å²) in [5, 5.41) is -3.79. The minimum Gasteiger partial charge on any atom is -0.367 e. The number of carbonyl (C=O) groups is 1. The first-order valence-electron chi connectivity index (χ1n) is 4.92. The van der Waals surface area contributed by atoms with Crippen LogP contribution in [0.4, 0.5) is 17.6 Å². The molecule has 1 atom stereocenters. The molecule has 1 unspecified atom stereocenters. The van der Waals surface area contributed by atoms with Crippen LogP contribution in [0, 0.1) is 0 Å². The van der Waals surface area contributed by atoms with Crippen LogP contribution in [-0.4, -0.2) is 28.9 Å². The van der Waals surface area contributed by atoms with Crippen molar-refractivity contribution in [1.29, 1.82) is 0 Å². The molecule has 0 aromatic heterocycles. The number of carbonyl (C=O) groups excluding carboxylic acids is 1. The van der Waals surface area contributed by atoms with Crippen LogP contribution in [0.2, 0.25) is 0 Å². The Labute approximate surface area is 101 Å². The smallest absolute Gasteiger partial charge is 0.302 e. The largest absolute Gasteiger partial charge is 0.367 e. The molecule has 1 aliphatic rings. The van der Waals surface area contributed by atoms with Crippen molar-refractivity contribution in [2.45, 2.75) is 19.0 Å². The van der Waals surface area contributed by atoms with Crippen molar-refractivity contribution >= 4 is 17.4 Å². The summed E-state index contributed by atoms with van der Waals surface area (Å²) in [5.74, 6) is -7.50. The predicted molar refractivity (Wildman–Crippen MR) is 55.0 cm³/mol. The van der Waals surface area contributed by atoms with Gasteiger partial charge in [-0.25, -0.2) is 17.6 Å². The lowest BCUT2D eigenvalue weighted by atomic mass is 10.0. The average Bonchev–Trinajstić information content (AvgIpc) is 2.30. The summed E-state index contributed by atoms with van der Waals surface area (Å²) < 4.78 is 53.4. The number of Topliss-reactive ketones (excluding diaryl/α,β-unsaturated/α-hetero) is 1. The maximum Gasteiger partial charge on any atom is 0.302 e. The lowest BCUT2D eigenvalue weighted by Gasteiger charge is -2.28. The van der Waals surface area contributed by atoms with E-state index in [1.807, 2.05) is 0 Å². The first-order chi connectivity index (χ1) is 7.78. The molecule has 0 N–H and O–H groups in total. The quantitative estimate of drug-likeness (QED) is 0.580. The lowest BCUT2D eigenvalue weighted by molar-refractivity contribution is -0.123. The number of allylic oxidation sites excluding steroid dienone is 3. The van der Waals surface area contributed by atoms with Crippen LogP contribution in [0.1, 0.15) is 13.8 Å². The first kappa shape index (κ1) is 14.0. The zero-order chi connectivity index (χ0) is 13.4. The number of nitrogens with zero attached hydrogens (tertiary/aromatic N) is 1. The average molecular weight is 272 g/mol. The molecule has 0 amide bonds. The highest BCUT2D eigenvalue weighted by molar-refractivity contribution is 6.38. The zero-order valence-corrected chi connectivity index (χ0v) is 9.92. The molecule has 0 aliphatic heterocycles. The van der Waals surface area contributed by atoms with Gasteiger partial charge in [0.05, 0.1) is 0 Å². The van der Waals surface area contributed by atoms with Gasteiger partial charge in [-0.15, -0.1) is 0 Å². The number of alkyl halides is 2. The van der Waals surface area contributed by atoms with E-state index in [1.165, 1.54) is 0 Å². The van der Waals surface area contributed by atoms with E-state index < -0.39 is 34.1 Å². The molecule has 0 spiro atoms. The van der Waals surface area contributed by atoms with Crippen LogP contribution in [0.15, 0.2) is 23.2 Å². The molecular formula is C10H10ClF4NO. The Kier molecular flexibility index (Phi) is 3.86. The second-order valence-corrected chi connectivity index (χ2v) is 3.89. The Morgan fingerprint density at radius 1 is 1.18 bits per heavy atom. The normalized spacial score (nSPS) is 25.7. The molecule has 17 heavy (non-hydrogen) atoms. The number of ketones is 1. The molecule has 1 aliphatic carbocycles. The van der Waals surface area contributed by atoms with E-state index in [9.17, 15) is 22.4 Å². The highest BCUT2D eigenvalue weighted by Gasteiger charge is 2.52. The maximum absolute atomic E-state index is 13.5. The highest BCUT2D eigenvalue weighted by Crippen LogP contribution is 2.43. The van der Waals surface area contributed by atoms with Gasteiger partial charge in [-0.1, -0.05) is 11.6 Å². The van der Waals surface area contributed by atoms with E-state index in [2.05, 4.69) is 0 Å². The van der Waals surface area contributed by atoms with Gasteiger partial charge in [0.2, 0.25) is 0 Å². The van der Waals surface area contributed by atoms with Gasteiger partial charge in [0, 0.05) is 13.1 Å². The standard InChI is InChI=1S/C10H10ClF4NO/c1-3-16(4-2)7-5(12)8(14)10(11,15)9(17)6(7)13/h3-4H2,1-2H3. The van der Waals surface area contributed by atoms with Gasteiger partial charge in [0.1, 0.15) is 5.70 Å². The molecule has 0 bridgehead atoms. The van der Waals surface area contributed by atoms with Gasteiger partial charge >= 0.3 is 5.13 Å². The van der Waals surface area contributed by atoms with Gasteiger partial charge < -0.3 is 4.90 Å². The van der Waals surface area contributed by atoms with Gasteiger partial charge in [0.15, 0.2) is 17.5 Å². The van der Waals surface area contributed by atoms with Crippen molar-refractivity contribution in [2.24, 2.45) is 0 Å². The topological polar surface area (TPSA) is 20.3 Å². The molecule has 7 heteroatoms. The number of hydrogen-bond acceptors (Lipinski definition) is 2. The molecule has 0 saturated carbocycles. The molecule has 0 saturated heterocycles. The summed E-state index contributed by atoms with van der Waals surface area (Å²) in [6, 6.07) is 0. The second kappa shape index (κ2) is 4.68. The van der Waals surface area contributed by atoms with Crippen LogP contribution < -0.4 is 0 Å². The third-order valence-corrected chi connectivity index (χ3v) is 2.79. The Balaban J connectivity index is 3.40. The van der Waals surface area contributed by atoms with Gasteiger partial charge in [-0.05, 0) is 13.8 Å². The van der Waals surface area contributed by atoms with Crippen LogP contribution in [0.3, 0.4) is 0 Å². The molecule has 2 nitrogen and oxygen atoms in total. The summed E-state index contributed by atoms with van der Waals surface area (Å²) >= 11 is 4.84. The second-order valence-electron chi connectivity index (χ2n) is 3.37. The summed E-state index contributed by atoms with van der Waals surface area (Å²) in [6.07, 6.45) is 0. The SMILES string of the molecule is CCN(CC)C1=C(F)C(=O)C(F)(Cl)C(F)=C1F. The predicted octanol–water partition coefficient (Wildman–Crippen LogP) is 3.15. The minimum atomic E-state index is -3.79. The minimum absolute atomic E-state index is 0.134. The summed E-state index contributed by atoms with van der Waals surface area (Å²) in [7, 11) is 0. The fourth-order valence-electron chi connectivity index (χ4n) is 1.50. The van der Waals surface area contributed by atoms with Crippen LogP contribution in [0.25, 0.3) is 0 Å². The van der Waals surface area contributed by atoms with E-state index in [4.69, 9.17) is 11.6 Å². The van der Waals surface area contributed by atoms with E-state index in [0.717, 1.165) is 4.90 Å². The van der Waals surface area contributed by atoms with Crippen molar-refractivity contribution < 1.29 is 22.4 Å². The van der Waals surface area contributed by atoms with Crippen molar-refractivity contribution in [2.75, 3.05) is 13.1 Å². The van der Waals surface area contributed by atoms with Crippen molar-refractivity contribution in [3.63, 3.8) is 0 Å². The Bertz CT molecular complexity index is 413. The van der Waals surface area contributed by atoms with E-state index >= 15 is 0 Å². The fraction of sp³-hybridized carbons (Fsp3) is 0.500. The van der Waals surface area contributed by atoms with E-state index in [1.54, 1.807) is 13.8 Å². The molecular weight excluding hydrogens is 262 g/mol. The van der Waals surface area contributed by atoms with Crippen molar-refractivity contribution in [3.8, 4) is 0 Å². The number of halogens is 5. The van der Waals surface area contributed by atoms with Gasteiger partial charge in [-0.3, -0.25) is 4.79 Å². The Morgan fingerprint density at radius 2 is 1.65 bits per heavy atom. The van der Waals surface area contributed by atoms with Crippen molar-refractivity contribution in [3.05, 3.63) is 23.2 Å². The monoisotopic (exact) mass is 271 g/mol. The highest BCUT2D eigenvalue weighted by atomic mass is 35.5.